The Balaban J connectivity index is 1.45. The normalized spacial score (nSPS) is 12.3. The smallest absolute Gasteiger partial charge is 0.331 e. The van der Waals surface area contributed by atoms with E-state index in [1.165, 1.54) is 18.3 Å². The Kier molecular flexibility index (Phi) is 6.26. The summed E-state index contributed by atoms with van der Waals surface area (Å²) >= 11 is 1.21. The van der Waals surface area contributed by atoms with E-state index >= 15 is 0 Å². The summed E-state index contributed by atoms with van der Waals surface area (Å²) in [7, 11) is 0. The lowest BCUT2D eigenvalue weighted by Gasteiger charge is -2.29. The van der Waals surface area contributed by atoms with E-state index in [2.05, 4.69) is 20.9 Å². The number of hydrogen-bond acceptors (Lipinski definition) is 6. The third kappa shape index (κ3) is 4.46. The van der Waals surface area contributed by atoms with Crippen LogP contribution in [-0.4, -0.2) is 35.9 Å². The van der Waals surface area contributed by atoms with E-state index in [-0.39, 0.29) is 24.4 Å². The van der Waals surface area contributed by atoms with E-state index in [0.717, 1.165) is 11.3 Å². The maximum Gasteiger partial charge on any atom is 0.331 e. The zero-order chi connectivity index (χ0) is 25.2. The van der Waals surface area contributed by atoms with Crippen LogP contribution in [-0.2, 0) is 4.79 Å². The van der Waals surface area contributed by atoms with Gasteiger partial charge in [0.25, 0.3) is 5.91 Å². The van der Waals surface area contributed by atoms with Crippen molar-refractivity contribution in [3.8, 4) is 11.5 Å². The standard InChI is InChI=1S/C26H23N5O4S/c1-15-14-18(35-17-6-4-3-5-7-17)8-9-19(15)31-20-10-11-29-25-21(20)22(30-26(31)34)23(36-25)24(33)28-13-12-27-16(2)32/h3-11,14H,12-13H2,1-2H3,(H,27,32)(H,28,33)(H,30,34). The fourth-order valence-electron chi connectivity index (χ4n) is 4.05. The molecule has 0 saturated heterocycles. The Hall–Kier alpha value is -4.44. The SMILES string of the molecule is CC(=O)NCCNC(=O)c1sc2nccc3c2c1NC(=O)N3c1ccc(Oc2ccccc2)cc1C. The molecule has 9 nitrogen and oxygen atoms in total. The van der Waals surface area contributed by atoms with Gasteiger partial charge in [0.1, 0.15) is 21.2 Å². The van der Waals surface area contributed by atoms with Crippen molar-refractivity contribution in [2.75, 3.05) is 23.3 Å². The summed E-state index contributed by atoms with van der Waals surface area (Å²) in [5.41, 5.74) is 2.63. The summed E-state index contributed by atoms with van der Waals surface area (Å²) in [5.74, 6) is 0.880. The van der Waals surface area contributed by atoms with Gasteiger partial charge in [-0.2, -0.15) is 0 Å². The molecule has 36 heavy (non-hydrogen) atoms. The lowest BCUT2D eigenvalue weighted by atomic mass is 10.1. The van der Waals surface area contributed by atoms with Crippen molar-refractivity contribution in [3.63, 3.8) is 0 Å². The van der Waals surface area contributed by atoms with Gasteiger partial charge >= 0.3 is 6.03 Å². The van der Waals surface area contributed by atoms with Crippen molar-refractivity contribution < 1.29 is 19.1 Å². The minimum atomic E-state index is -0.375. The zero-order valence-electron chi connectivity index (χ0n) is 19.6. The molecule has 4 amide bonds. The molecule has 2 aromatic heterocycles. The van der Waals surface area contributed by atoms with Gasteiger partial charge in [-0.15, -0.1) is 11.3 Å². The lowest BCUT2D eigenvalue weighted by Crippen LogP contribution is -2.36. The third-order valence-electron chi connectivity index (χ3n) is 5.62. The highest BCUT2D eigenvalue weighted by molar-refractivity contribution is 7.21. The molecule has 0 saturated carbocycles. The van der Waals surface area contributed by atoms with Crippen LogP contribution in [0.1, 0.15) is 22.2 Å². The fourth-order valence-corrected chi connectivity index (χ4v) is 5.08. The second-order valence-electron chi connectivity index (χ2n) is 8.18. The zero-order valence-corrected chi connectivity index (χ0v) is 20.4. The summed E-state index contributed by atoms with van der Waals surface area (Å²) in [6.45, 7) is 3.91. The molecule has 3 heterocycles. The molecule has 1 aliphatic rings. The van der Waals surface area contributed by atoms with Gasteiger partial charge in [0.2, 0.25) is 5.91 Å². The van der Waals surface area contributed by atoms with Gasteiger partial charge in [-0.3, -0.25) is 14.5 Å². The number of aryl methyl sites for hydroxylation is 1. The minimum absolute atomic E-state index is 0.169. The van der Waals surface area contributed by atoms with E-state index in [1.54, 1.807) is 17.2 Å². The second kappa shape index (κ2) is 9.67. The molecule has 0 spiro atoms. The molecule has 2 aromatic carbocycles. The van der Waals surface area contributed by atoms with Crippen LogP contribution in [0, 0.1) is 6.92 Å². The summed E-state index contributed by atoms with van der Waals surface area (Å²) in [6, 6.07) is 16.4. The first-order chi connectivity index (χ1) is 17.4. The number of aromatic nitrogens is 1. The predicted octanol–water partition coefficient (Wildman–Crippen LogP) is 4.95. The number of benzene rings is 2. The van der Waals surface area contributed by atoms with Crippen molar-refractivity contribution in [1.29, 1.82) is 0 Å². The van der Waals surface area contributed by atoms with Gasteiger partial charge in [0, 0.05) is 26.2 Å². The molecule has 5 rings (SSSR count). The number of hydrogen-bond donors (Lipinski definition) is 3. The van der Waals surface area contributed by atoms with E-state index in [1.807, 2.05) is 55.5 Å². The first-order valence-electron chi connectivity index (χ1n) is 11.3. The number of para-hydroxylation sites is 1. The van der Waals surface area contributed by atoms with E-state index < -0.39 is 0 Å². The Bertz CT molecular complexity index is 1480. The number of pyridine rings is 1. The molecule has 3 N–H and O–H groups in total. The number of thiophene rings is 1. The van der Waals surface area contributed by atoms with Gasteiger partial charge < -0.3 is 20.7 Å². The van der Waals surface area contributed by atoms with E-state index in [4.69, 9.17) is 4.74 Å². The Morgan fingerprint density at radius 3 is 2.56 bits per heavy atom. The van der Waals surface area contributed by atoms with Crippen LogP contribution in [0.25, 0.3) is 10.2 Å². The topological polar surface area (TPSA) is 113 Å². The molecule has 0 aliphatic carbocycles. The number of amides is 4. The van der Waals surface area contributed by atoms with Crippen molar-refractivity contribution in [2.45, 2.75) is 13.8 Å². The number of urea groups is 1. The van der Waals surface area contributed by atoms with Gasteiger partial charge in [-0.1, -0.05) is 18.2 Å². The number of carbonyl (C=O) groups excluding carboxylic acids is 3. The quantitative estimate of drug-likeness (QED) is 0.310. The average molecular weight is 502 g/mol. The Labute approximate surface area is 211 Å². The Morgan fingerprint density at radius 1 is 1.03 bits per heavy atom. The van der Waals surface area contributed by atoms with Crippen LogP contribution in [0.3, 0.4) is 0 Å². The van der Waals surface area contributed by atoms with Crippen LogP contribution < -0.4 is 25.6 Å². The lowest BCUT2D eigenvalue weighted by molar-refractivity contribution is -0.118. The summed E-state index contributed by atoms with van der Waals surface area (Å²) in [5, 5.41) is 9.01. The fraction of sp³-hybridized carbons (Fsp3) is 0.154. The van der Waals surface area contributed by atoms with Gasteiger partial charge in [0.05, 0.1) is 22.4 Å². The van der Waals surface area contributed by atoms with Crippen molar-refractivity contribution >= 4 is 56.5 Å². The molecule has 0 radical (unpaired) electrons. The first kappa shape index (κ1) is 23.3. The molecule has 1 aliphatic heterocycles. The highest BCUT2D eigenvalue weighted by Gasteiger charge is 2.33. The molecule has 0 atom stereocenters. The summed E-state index contributed by atoms with van der Waals surface area (Å²) in [4.78, 5) is 44.2. The second-order valence-corrected chi connectivity index (χ2v) is 9.18. The van der Waals surface area contributed by atoms with Crippen LogP contribution >= 0.6 is 11.3 Å². The number of carbonyl (C=O) groups is 3. The molecule has 182 valence electrons. The van der Waals surface area contributed by atoms with Gasteiger partial charge in [0.15, 0.2) is 0 Å². The molecular formula is C26H23N5O4S. The number of anilines is 3. The predicted molar refractivity (Wildman–Crippen MR) is 139 cm³/mol. The summed E-state index contributed by atoms with van der Waals surface area (Å²) < 4.78 is 5.93. The van der Waals surface area contributed by atoms with Crippen LogP contribution in [0.5, 0.6) is 11.5 Å². The number of nitrogens with zero attached hydrogens (tertiary/aromatic N) is 2. The van der Waals surface area contributed by atoms with E-state index in [0.29, 0.717) is 44.5 Å². The molecule has 0 bridgehead atoms. The number of rotatable bonds is 7. The first-order valence-corrected chi connectivity index (χ1v) is 12.1. The van der Waals surface area contributed by atoms with Gasteiger partial charge in [-0.25, -0.2) is 9.78 Å². The van der Waals surface area contributed by atoms with Gasteiger partial charge in [-0.05, 0) is 48.9 Å². The van der Waals surface area contributed by atoms with Crippen LogP contribution in [0.2, 0.25) is 0 Å². The number of nitrogens with one attached hydrogen (secondary N) is 3. The molecule has 0 fully saturated rings. The van der Waals surface area contributed by atoms with Crippen molar-refractivity contribution in [3.05, 3.63) is 71.2 Å². The van der Waals surface area contributed by atoms with Crippen molar-refractivity contribution in [1.82, 2.24) is 15.6 Å². The molecular weight excluding hydrogens is 478 g/mol. The monoisotopic (exact) mass is 501 g/mol. The van der Waals surface area contributed by atoms with Crippen molar-refractivity contribution in [2.24, 2.45) is 0 Å². The van der Waals surface area contributed by atoms with Crippen LogP contribution in [0.4, 0.5) is 21.9 Å². The summed E-state index contributed by atoms with van der Waals surface area (Å²) in [6.07, 6.45) is 1.63. The highest BCUT2D eigenvalue weighted by atomic mass is 32.1. The third-order valence-corrected chi connectivity index (χ3v) is 6.72. The highest BCUT2D eigenvalue weighted by Crippen LogP contribution is 2.46. The minimum Gasteiger partial charge on any atom is -0.457 e. The number of ether oxygens (including phenoxy) is 1. The maximum absolute atomic E-state index is 13.3. The molecule has 0 unspecified atom stereocenters. The Morgan fingerprint density at radius 2 is 1.81 bits per heavy atom. The molecule has 4 aromatic rings. The van der Waals surface area contributed by atoms with E-state index in [9.17, 15) is 14.4 Å². The maximum atomic E-state index is 13.3. The average Bonchev–Trinajstić information content (AvgIpc) is 3.23. The molecule has 10 heteroatoms. The van der Waals surface area contributed by atoms with Crippen LogP contribution in [0.15, 0.2) is 60.8 Å². The largest absolute Gasteiger partial charge is 0.457 e.